The molecule has 1 atom stereocenters. The Labute approximate surface area is 205 Å². The third-order valence-electron chi connectivity index (χ3n) is 5.70. The van der Waals surface area contributed by atoms with Gasteiger partial charge in [-0.05, 0) is 68.4 Å². The van der Waals surface area contributed by atoms with Gasteiger partial charge in [0.05, 0.1) is 29.5 Å². The molecule has 1 N–H and O–H groups in total. The first-order chi connectivity index (χ1) is 16.9. The van der Waals surface area contributed by atoms with E-state index in [1.807, 2.05) is 13.0 Å². The number of hydrogen-bond acceptors (Lipinski definition) is 8. The molecular weight excluding hydrogens is 468 g/mol. The Morgan fingerprint density at radius 2 is 1.86 bits per heavy atom. The maximum Gasteiger partial charge on any atom is 0.302 e. The number of fused-ring (bicyclic) bond motifs is 1. The van der Waals surface area contributed by atoms with Crippen LogP contribution >= 0.6 is 11.3 Å². The second-order valence-electron chi connectivity index (χ2n) is 7.90. The summed E-state index contributed by atoms with van der Waals surface area (Å²) in [5.74, 6) is 0.355. The second-order valence-corrected chi connectivity index (χ2v) is 8.91. The molecule has 5 rings (SSSR count). The summed E-state index contributed by atoms with van der Waals surface area (Å²) in [5.41, 5.74) is 0.979. The Bertz CT molecular complexity index is 1470. The van der Waals surface area contributed by atoms with E-state index in [4.69, 9.17) is 13.9 Å². The summed E-state index contributed by atoms with van der Waals surface area (Å²) in [6.07, 6.45) is 0. The number of thiazole rings is 1. The lowest BCUT2D eigenvalue weighted by atomic mass is 9.99. The number of carbonyl (C=O) groups is 2. The minimum atomic E-state index is -0.974. The van der Waals surface area contributed by atoms with Crippen molar-refractivity contribution in [1.82, 2.24) is 4.98 Å². The standard InChI is InChI=1S/C26H22N2O6S/c1-4-33-16-8-6-15(7-9-16)23(29)21-22(19-12-5-14(2)34-19)28(25(31)24(21)30)26-27-18-11-10-17(32-3)13-20(18)35-26/h5-13,22,29H,4H2,1-3H3/b23-21+. The maximum atomic E-state index is 13.3. The molecule has 9 heteroatoms. The lowest BCUT2D eigenvalue weighted by Gasteiger charge is -2.20. The quantitative estimate of drug-likeness (QED) is 0.224. The van der Waals surface area contributed by atoms with E-state index in [0.29, 0.717) is 45.8 Å². The van der Waals surface area contributed by atoms with Crippen LogP contribution in [-0.4, -0.2) is 35.5 Å². The number of amides is 1. The number of benzene rings is 2. The number of Topliss-reactive ketones (excluding diaryl/α,β-unsaturated/α-hetero) is 1. The van der Waals surface area contributed by atoms with Crippen molar-refractivity contribution < 1.29 is 28.6 Å². The first kappa shape index (κ1) is 22.7. The predicted molar refractivity (Wildman–Crippen MR) is 132 cm³/mol. The number of furan rings is 1. The van der Waals surface area contributed by atoms with Crippen molar-refractivity contribution in [3.05, 3.63) is 77.3 Å². The smallest absolute Gasteiger partial charge is 0.302 e. The maximum absolute atomic E-state index is 13.3. The van der Waals surface area contributed by atoms with Crippen LogP contribution in [0, 0.1) is 6.92 Å². The van der Waals surface area contributed by atoms with Crippen molar-refractivity contribution in [2.24, 2.45) is 0 Å². The van der Waals surface area contributed by atoms with Crippen molar-refractivity contribution >= 4 is 44.1 Å². The summed E-state index contributed by atoms with van der Waals surface area (Å²) < 4.78 is 17.4. The number of aliphatic hydroxyl groups is 1. The van der Waals surface area contributed by atoms with Crippen LogP contribution in [0.2, 0.25) is 0 Å². The van der Waals surface area contributed by atoms with E-state index in [2.05, 4.69) is 4.98 Å². The van der Waals surface area contributed by atoms with Gasteiger partial charge in [0.25, 0.3) is 5.78 Å². The zero-order valence-electron chi connectivity index (χ0n) is 19.3. The molecule has 4 aromatic rings. The fraction of sp³-hybridized carbons (Fsp3) is 0.192. The third-order valence-corrected chi connectivity index (χ3v) is 6.72. The third kappa shape index (κ3) is 3.93. The molecule has 35 heavy (non-hydrogen) atoms. The molecule has 0 spiro atoms. The topological polar surface area (TPSA) is 102 Å². The fourth-order valence-electron chi connectivity index (χ4n) is 4.05. The average molecular weight is 491 g/mol. The minimum absolute atomic E-state index is 0.0645. The van der Waals surface area contributed by atoms with Crippen molar-refractivity contribution in [1.29, 1.82) is 0 Å². The molecule has 3 heterocycles. The number of carbonyl (C=O) groups excluding carboxylic acids is 2. The SMILES string of the molecule is CCOc1ccc(/C(O)=C2\C(=O)C(=O)N(c3nc4ccc(OC)cc4s3)C2c2ccc(C)o2)cc1. The highest BCUT2D eigenvalue weighted by Gasteiger charge is 2.49. The summed E-state index contributed by atoms with van der Waals surface area (Å²) in [7, 11) is 1.57. The molecule has 1 aliphatic rings. The second kappa shape index (κ2) is 8.92. The molecule has 0 radical (unpaired) electrons. The van der Waals surface area contributed by atoms with Gasteiger partial charge in [-0.2, -0.15) is 0 Å². The van der Waals surface area contributed by atoms with Gasteiger partial charge in [0.15, 0.2) is 5.13 Å². The van der Waals surface area contributed by atoms with Crippen molar-refractivity contribution in [3.63, 3.8) is 0 Å². The van der Waals surface area contributed by atoms with Crippen LogP contribution in [-0.2, 0) is 9.59 Å². The lowest BCUT2D eigenvalue weighted by Crippen LogP contribution is -2.29. The van der Waals surface area contributed by atoms with Gasteiger partial charge in [-0.3, -0.25) is 14.5 Å². The highest BCUT2D eigenvalue weighted by molar-refractivity contribution is 7.22. The van der Waals surface area contributed by atoms with Gasteiger partial charge < -0.3 is 19.0 Å². The molecular formula is C26H22N2O6S. The molecule has 1 unspecified atom stereocenters. The van der Waals surface area contributed by atoms with Crippen LogP contribution < -0.4 is 14.4 Å². The summed E-state index contributed by atoms with van der Waals surface area (Å²) in [6, 6.07) is 14.5. The summed E-state index contributed by atoms with van der Waals surface area (Å²) in [6.45, 7) is 4.15. The number of nitrogens with zero attached hydrogens (tertiary/aromatic N) is 2. The summed E-state index contributed by atoms with van der Waals surface area (Å²) in [4.78, 5) is 32.4. The zero-order valence-corrected chi connectivity index (χ0v) is 20.1. The molecule has 1 fully saturated rings. The van der Waals surface area contributed by atoms with Gasteiger partial charge in [-0.1, -0.05) is 11.3 Å². The summed E-state index contributed by atoms with van der Waals surface area (Å²) in [5, 5.41) is 11.5. The molecule has 178 valence electrons. The highest BCUT2D eigenvalue weighted by atomic mass is 32.1. The average Bonchev–Trinajstić information content (AvgIpc) is 3.54. The van der Waals surface area contributed by atoms with Crippen LogP contribution in [0.25, 0.3) is 16.0 Å². The normalized spacial score (nSPS) is 17.3. The van der Waals surface area contributed by atoms with Crippen LogP contribution in [0.15, 0.2) is 64.6 Å². The van der Waals surface area contributed by atoms with Crippen LogP contribution in [0.4, 0.5) is 5.13 Å². The predicted octanol–water partition coefficient (Wildman–Crippen LogP) is 5.23. The van der Waals surface area contributed by atoms with Gasteiger partial charge >= 0.3 is 5.91 Å². The van der Waals surface area contributed by atoms with Crippen LogP contribution in [0.1, 0.15) is 30.0 Å². The van der Waals surface area contributed by atoms with E-state index < -0.39 is 17.7 Å². The van der Waals surface area contributed by atoms with E-state index in [9.17, 15) is 14.7 Å². The molecule has 2 aromatic heterocycles. The number of methoxy groups -OCH3 is 1. The van der Waals surface area contributed by atoms with Crippen molar-refractivity contribution in [2.75, 3.05) is 18.6 Å². The number of rotatable bonds is 6. The Hall–Kier alpha value is -4.11. The Morgan fingerprint density at radius 1 is 1.11 bits per heavy atom. The molecule has 1 saturated heterocycles. The first-order valence-electron chi connectivity index (χ1n) is 11.0. The monoisotopic (exact) mass is 490 g/mol. The van der Waals surface area contributed by atoms with E-state index >= 15 is 0 Å². The molecule has 2 aromatic carbocycles. The number of ether oxygens (including phenoxy) is 2. The van der Waals surface area contributed by atoms with Crippen LogP contribution in [0.3, 0.4) is 0 Å². The summed E-state index contributed by atoms with van der Waals surface area (Å²) >= 11 is 1.25. The van der Waals surface area contributed by atoms with Gasteiger partial charge in [0.1, 0.15) is 34.8 Å². The highest BCUT2D eigenvalue weighted by Crippen LogP contribution is 2.45. The van der Waals surface area contributed by atoms with E-state index in [1.165, 1.54) is 16.2 Å². The number of anilines is 1. The van der Waals surface area contributed by atoms with E-state index in [-0.39, 0.29) is 11.3 Å². The van der Waals surface area contributed by atoms with Gasteiger partial charge in [-0.25, -0.2) is 4.98 Å². The van der Waals surface area contributed by atoms with Gasteiger partial charge in [0, 0.05) is 5.56 Å². The van der Waals surface area contributed by atoms with Crippen molar-refractivity contribution in [3.8, 4) is 11.5 Å². The van der Waals surface area contributed by atoms with Gasteiger partial charge in [-0.15, -0.1) is 0 Å². The lowest BCUT2D eigenvalue weighted by molar-refractivity contribution is -0.132. The number of ketones is 1. The molecule has 1 amide bonds. The Balaban J connectivity index is 1.66. The molecule has 1 aliphatic heterocycles. The number of aromatic nitrogens is 1. The van der Waals surface area contributed by atoms with Gasteiger partial charge in [0.2, 0.25) is 0 Å². The van der Waals surface area contributed by atoms with E-state index in [0.717, 1.165) is 4.70 Å². The number of hydrogen-bond donors (Lipinski definition) is 1. The van der Waals surface area contributed by atoms with Crippen molar-refractivity contribution in [2.45, 2.75) is 19.9 Å². The largest absolute Gasteiger partial charge is 0.507 e. The number of aryl methyl sites for hydroxylation is 1. The Morgan fingerprint density at radius 3 is 2.51 bits per heavy atom. The minimum Gasteiger partial charge on any atom is -0.507 e. The zero-order chi connectivity index (χ0) is 24.7. The molecule has 8 nitrogen and oxygen atoms in total. The Kier molecular flexibility index (Phi) is 5.78. The molecule has 0 saturated carbocycles. The first-order valence-corrected chi connectivity index (χ1v) is 11.8. The fourth-order valence-corrected chi connectivity index (χ4v) is 5.07. The van der Waals surface area contributed by atoms with Crippen LogP contribution in [0.5, 0.6) is 11.5 Å². The van der Waals surface area contributed by atoms with E-state index in [1.54, 1.807) is 62.6 Å². The molecule has 0 aliphatic carbocycles. The number of aliphatic hydroxyl groups excluding tert-OH is 1. The molecule has 0 bridgehead atoms.